The Morgan fingerprint density at radius 2 is 1.57 bits per heavy atom. The summed E-state index contributed by atoms with van der Waals surface area (Å²) >= 11 is 0. The summed E-state index contributed by atoms with van der Waals surface area (Å²) < 4.78 is 5.03. The van der Waals surface area contributed by atoms with E-state index < -0.39 is 0 Å². The van der Waals surface area contributed by atoms with Gasteiger partial charge in [-0.25, -0.2) is 4.79 Å². The van der Waals surface area contributed by atoms with Gasteiger partial charge in [-0.05, 0) is 19.8 Å². The van der Waals surface area contributed by atoms with Gasteiger partial charge in [-0.3, -0.25) is 14.4 Å². The molecule has 3 aliphatic rings. The standard InChI is InChI=1S/C19H30N4O5/c1-3-28-19(27)22-6-4-16(5-7-22)23-13-15(12-17(23)25)18(26)21-10-8-20(9-11-21)14(2)24/h15-16H,3-13H2,1-2H3. The van der Waals surface area contributed by atoms with E-state index in [1.807, 2.05) is 4.90 Å². The van der Waals surface area contributed by atoms with Crippen molar-refractivity contribution in [3.05, 3.63) is 0 Å². The first kappa shape index (κ1) is 20.4. The molecule has 1 unspecified atom stereocenters. The van der Waals surface area contributed by atoms with Crippen LogP contribution in [0.1, 0.15) is 33.1 Å². The van der Waals surface area contributed by atoms with Crippen LogP contribution < -0.4 is 0 Å². The molecule has 0 aromatic rings. The number of ether oxygens (including phenoxy) is 1. The Kier molecular flexibility index (Phi) is 6.41. The van der Waals surface area contributed by atoms with Crippen molar-refractivity contribution in [2.24, 2.45) is 5.92 Å². The van der Waals surface area contributed by atoms with Gasteiger partial charge in [0.05, 0.1) is 12.5 Å². The molecule has 3 heterocycles. The zero-order chi connectivity index (χ0) is 20.3. The molecule has 1 atom stereocenters. The minimum absolute atomic E-state index is 0.0167. The first-order valence-corrected chi connectivity index (χ1v) is 10.2. The normalized spacial score (nSPS) is 23.9. The number of hydrogen-bond donors (Lipinski definition) is 0. The van der Waals surface area contributed by atoms with E-state index in [1.165, 1.54) is 6.92 Å². The summed E-state index contributed by atoms with van der Waals surface area (Å²) in [5.41, 5.74) is 0. The van der Waals surface area contributed by atoms with Crippen molar-refractivity contribution >= 4 is 23.8 Å². The van der Waals surface area contributed by atoms with E-state index in [2.05, 4.69) is 0 Å². The third kappa shape index (κ3) is 4.39. The summed E-state index contributed by atoms with van der Waals surface area (Å²) in [5.74, 6) is -0.235. The summed E-state index contributed by atoms with van der Waals surface area (Å²) in [6.07, 6.45) is 1.38. The molecule has 3 saturated heterocycles. The monoisotopic (exact) mass is 394 g/mol. The third-order valence-electron chi connectivity index (χ3n) is 5.98. The Morgan fingerprint density at radius 1 is 0.964 bits per heavy atom. The van der Waals surface area contributed by atoms with Crippen molar-refractivity contribution in [1.29, 1.82) is 0 Å². The van der Waals surface area contributed by atoms with Crippen LogP contribution in [-0.2, 0) is 19.1 Å². The fourth-order valence-corrected chi connectivity index (χ4v) is 4.32. The van der Waals surface area contributed by atoms with Gasteiger partial charge in [0, 0.05) is 65.2 Å². The maximum absolute atomic E-state index is 12.8. The number of hydrogen-bond acceptors (Lipinski definition) is 5. The smallest absolute Gasteiger partial charge is 0.409 e. The van der Waals surface area contributed by atoms with Gasteiger partial charge in [0.1, 0.15) is 0 Å². The highest BCUT2D eigenvalue weighted by Gasteiger charge is 2.41. The van der Waals surface area contributed by atoms with Gasteiger partial charge in [-0.1, -0.05) is 0 Å². The minimum Gasteiger partial charge on any atom is -0.450 e. The molecule has 3 rings (SSSR count). The van der Waals surface area contributed by atoms with Crippen LogP contribution in [0.3, 0.4) is 0 Å². The second-order valence-electron chi connectivity index (χ2n) is 7.70. The van der Waals surface area contributed by atoms with Gasteiger partial charge in [-0.2, -0.15) is 0 Å². The highest BCUT2D eigenvalue weighted by atomic mass is 16.6. The third-order valence-corrected chi connectivity index (χ3v) is 5.98. The topological polar surface area (TPSA) is 90.5 Å². The number of rotatable bonds is 3. The van der Waals surface area contributed by atoms with E-state index in [1.54, 1.807) is 21.6 Å². The number of carbonyl (C=O) groups excluding carboxylic acids is 4. The lowest BCUT2D eigenvalue weighted by atomic mass is 10.0. The minimum atomic E-state index is -0.306. The van der Waals surface area contributed by atoms with Crippen LogP contribution in [0.25, 0.3) is 0 Å². The largest absolute Gasteiger partial charge is 0.450 e. The Bertz CT molecular complexity index is 624. The van der Waals surface area contributed by atoms with Crippen molar-refractivity contribution in [3.63, 3.8) is 0 Å². The molecule has 9 heteroatoms. The van der Waals surface area contributed by atoms with Crippen molar-refractivity contribution in [2.45, 2.75) is 39.2 Å². The molecular weight excluding hydrogens is 364 g/mol. The van der Waals surface area contributed by atoms with Gasteiger partial charge >= 0.3 is 6.09 Å². The second kappa shape index (κ2) is 8.79. The number of piperidine rings is 1. The SMILES string of the molecule is CCOC(=O)N1CCC(N2CC(C(=O)N3CCN(C(C)=O)CC3)CC2=O)CC1. The molecular formula is C19H30N4O5. The molecule has 0 radical (unpaired) electrons. The second-order valence-corrected chi connectivity index (χ2v) is 7.70. The molecule has 3 aliphatic heterocycles. The summed E-state index contributed by atoms with van der Waals surface area (Å²) in [7, 11) is 0. The number of nitrogens with zero attached hydrogens (tertiary/aromatic N) is 4. The zero-order valence-corrected chi connectivity index (χ0v) is 16.8. The van der Waals surface area contributed by atoms with Crippen LogP contribution in [0.2, 0.25) is 0 Å². The Labute approximate surface area is 165 Å². The fraction of sp³-hybridized carbons (Fsp3) is 0.789. The van der Waals surface area contributed by atoms with Crippen LogP contribution in [0, 0.1) is 5.92 Å². The summed E-state index contributed by atoms with van der Waals surface area (Å²) in [5, 5.41) is 0. The summed E-state index contributed by atoms with van der Waals surface area (Å²) in [6.45, 7) is 7.43. The van der Waals surface area contributed by atoms with Gasteiger partial charge < -0.3 is 24.3 Å². The van der Waals surface area contributed by atoms with Gasteiger partial charge in [0.25, 0.3) is 0 Å². The molecule has 0 spiro atoms. The zero-order valence-electron chi connectivity index (χ0n) is 16.8. The maximum Gasteiger partial charge on any atom is 0.409 e. The predicted molar refractivity (Wildman–Crippen MR) is 100 cm³/mol. The molecule has 3 fully saturated rings. The maximum atomic E-state index is 12.8. The van der Waals surface area contributed by atoms with Crippen LogP contribution in [-0.4, -0.2) is 102 Å². The molecule has 4 amide bonds. The first-order chi connectivity index (χ1) is 13.4. The molecule has 0 aromatic heterocycles. The lowest BCUT2D eigenvalue weighted by Gasteiger charge is -2.37. The van der Waals surface area contributed by atoms with E-state index in [-0.39, 0.29) is 42.2 Å². The molecule has 9 nitrogen and oxygen atoms in total. The molecule has 28 heavy (non-hydrogen) atoms. The Hall–Kier alpha value is -2.32. The van der Waals surface area contributed by atoms with Crippen molar-refractivity contribution < 1.29 is 23.9 Å². The van der Waals surface area contributed by atoms with E-state index >= 15 is 0 Å². The van der Waals surface area contributed by atoms with Gasteiger partial charge in [0.15, 0.2) is 0 Å². The molecule has 0 N–H and O–H groups in total. The quantitative estimate of drug-likeness (QED) is 0.680. The number of amides is 4. The number of carbonyl (C=O) groups is 4. The van der Waals surface area contributed by atoms with Crippen LogP contribution in [0.4, 0.5) is 4.79 Å². The summed E-state index contributed by atoms with van der Waals surface area (Å²) in [4.78, 5) is 55.7. The molecule has 0 aromatic carbocycles. The van der Waals surface area contributed by atoms with E-state index in [9.17, 15) is 19.2 Å². The molecule has 0 aliphatic carbocycles. The van der Waals surface area contributed by atoms with E-state index in [0.717, 1.165) is 0 Å². The highest BCUT2D eigenvalue weighted by molar-refractivity contribution is 5.89. The predicted octanol–water partition coefficient (Wildman–Crippen LogP) is 0.147. The van der Waals surface area contributed by atoms with Crippen LogP contribution >= 0.6 is 0 Å². The average Bonchev–Trinajstić information content (AvgIpc) is 3.09. The summed E-state index contributed by atoms with van der Waals surface area (Å²) in [6, 6.07) is 0.0746. The first-order valence-electron chi connectivity index (χ1n) is 10.2. The van der Waals surface area contributed by atoms with Gasteiger partial charge in [0.2, 0.25) is 17.7 Å². The Morgan fingerprint density at radius 3 is 2.14 bits per heavy atom. The highest BCUT2D eigenvalue weighted by Crippen LogP contribution is 2.27. The number of likely N-dealkylation sites (tertiary alicyclic amines) is 2. The van der Waals surface area contributed by atoms with Crippen molar-refractivity contribution in [3.8, 4) is 0 Å². The van der Waals surface area contributed by atoms with E-state index in [4.69, 9.17) is 4.74 Å². The van der Waals surface area contributed by atoms with Gasteiger partial charge in [-0.15, -0.1) is 0 Å². The van der Waals surface area contributed by atoms with Crippen molar-refractivity contribution in [2.75, 3.05) is 52.4 Å². The Balaban J connectivity index is 1.49. The van der Waals surface area contributed by atoms with Crippen LogP contribution in [0.5, 0.6) is 0 Å². The molecule has 0 bridgehead atoms. The average molecular weight is 394 g/mol. The number of piperazine rings is 1. The lowest BCUT2D eigenvalue weighted by Crippen LogP contribution is -2.52. The van der Waals surface area contributed by atoms with E-state index in [0.29, 0.717) is 65.3 Å². The van der Waals surface area contributed by atoms with Crippen molar-refractivity contribution in [1.82, 2.24) is 19.6 Å². The molecule has 156 valence electrons. The fourth-order valence-electron chi connectivity index (χ4n) is 4.32. The lowest BCUT2D eigenvalue weighted by molar-refractivity contribution is -0.141. The molecule has 0 saturated carbocycles. The van der Waals surface area contributed by atoms with Crippen LogP contribution in [0.15, 0.2) is 0 Å².